The van der Waals surface area contributed by atoms with Crippen LogP contribution in [0, 0.1) is 0 Å². The molecular formula is C12H19N3O2S. The molecule has 0 unspecified atom stereocenters. The monoisotopic (exact) mass is 269 g/mol. The number of aromatic nitrogens is 1. The SMILES string of the molecule is CCOC(=O)c1csc(CN2CCC(N)CC2)n1. The highest BCUT2D eigenvalue weighted by Gasteiger charge is 2.18. The Balaban J connectivity index is 1.88. The molecule has 5 nitrogen and oxygen atoms in total. The topological polar surface area (TPSA) is 68.5 Å². The van der Waals surface area contributed by atoms with Crippen LogP contribution in [0.25, 0.3) is 0 Å². The Labute approximate surface area is 111 Å². The van der Waals surface area contributed by atoms with Crippen LogP contribution in [0.1, 0.15) is 35.3 Å². The van der Waals surface area contributed by atoms with Gasteiger partial charge in [-0.1, -0.05) is 0 Å². The molecule has 1 saturated heterocycles. The summed E-state index contributed by atoms with van der Waals surface area (Å²) < 4.78 is 4.92. The lowest BCUT2D eigenvalue weighted by atomic mass is 10.1. The zero-order valence-electron chi connectivity index (χ0n) is 10.6. The van der Waals surface area contributed by atoms with E-state index in [9.17, 15) is 4.79 Å². The van der Waals surface area contributed by atoms with Gasteiger partial charge >= 0.3 is 5.97 Å². The van der Waals surface area contributed by atoms with Crippen molar-refractivity contribution < 1.29 is 9.53 Å². The lowest BCUT2D eigenvalue weighted by Crippen LogP contribution is -2.39. The molecule has 1 fully saturated rings. The first-order valence-corrected chi connectivity index (χ1v) is 7.16. The van der Waals surface area contributed by atoms with Crippen molar-refractivity contribution >= 4 is 17.3 Å². The second-order valence-electron chi connectivity index (χ2n) is 4.46. The Hall–Kier alpha value is -0.980. The van der Waals surface area contributed by atoms with Crippen molar-refractivity contribution in [2.45, 2.75) is 32.4 Å². The Morgan fingerprint density at radius 3 is 3.00 bits per heavy atom. The summed E-state index contributed by atoms with van der Waals surface area (Å²) in [5.41, 5.74) is 6.29. The van der Waals surface area contributed by atoms with Crippen molar-refractivity contribution in [2.75, 3.05) is 19.7 Å². The minimum atomic E-state index is -0.333. The summed E-state index contributed by atoms with van der Waals surface area (Å²) in [6, 6.07) is 0.340. The van der Waals surface area contributed by atoms with Gasteiger partial charge in [0.15, 0.2) is 5.69 Å². The van der Waals surface area contributed by atoms with Gasteiger partial charge in [-0.2, -0.15) is 0 Å². The summed E-state index contributed by atoms with van der Waals surface area (Å²) in [7, 11) is 0. The number of carbonyl (C=O) groups is 1. The Morgan fingerprint density at radius 1 is 1.61 bits per heavy atom. The molecule has 1 aromatic rings. The van der Waals surface area contributed by atoms with Crippen LogP contribution < -0.4 is 5.73 Å². The molecule has 0 bridgehead atoms. The highest BCUT2D eigenvalue weighted by atomic mass is 32.1. The molecule has 0 radical (unpaired) electrons. The maximum Gasteiger partial charge on any atom is 0.357 e. The summed E-state index contributed by atoms with van der Waals surface area (Å²) >= 11 is 1.51. The van der Waals surface area contributed by atoms with E-state index in [4.69, 9.17) is 10.5 Å². The largest absolute Gasteiger partial charge is 0.461 e. The van der Waals surface area contributed by atoms with E-state index in [0.29, 0.717) is 18.3 Å². The Morgan fingerprint density at radius 2 is 2.33 bits per heavy atom. The van der Waals surface area contributed by atoms with Crippen LogP contribution in [0.5, 0.6) is 0 Å². The van der Waals surface area contributed by atoms with E-state index >= 15 is 0 Å². The summed E-state index contributed by atoms with van der Waals surface area (Å²) in [5, 5.41) is 2.73. The van der Waals surface area contributed by atoms with Crippen LogP contribution in [-0.4, -0.2) is 41.6 Å². The predicted molar refractivity (Wildman–Crippen MR) is 70.6 cm³/mol. The van der Waals surface area contributed by atoms with Crippen LogP contribution >= 0.6 is 11.3 Å². The number of piperidine rings is 1. The quantitative estimate of drug-likeness (QED) is 0.833. The third-order valence-electron chi connectivity index (χ3n) is 3.03. The van der Waals surface area contributed by atoms with Crippen LogP contribution in [0.2, 0.25) is 0 Å². The van der Waals surface area contributed by atoms with Crippen molar-refractivity contribution in [3.8, 4) is 0 Å². The van der Waals surface area contributed by atoms with Crippen molar-refractivity contribution in [3.63, 3.8) is 0 Å². The fourth-order valence-electron chi connectivity index (χ4n) is 1.98. The number of ether oxygens (including phenoxy) is 1. The molecule has 100 valence electrons. The fraction of sp³-hybridized carbons (Fsp3) is 0.667. The summed E-state index contributed by atoms with van der Waals surface area (Å²) in [4.78, 5) is 18.1. The van der Waals surface area contributed by atoms with Gasteiger partial charge in [-0.25, -0.2) is 9.78 Å². The van der Waals surface area contributed by atoms with Crippen molar-refractivity contribution in [2.24, 2.45) is 5.73 Å². The maximum atomic E-state index is 11.5. The molecule has 1 aliphatic rings. The van der Waals surface area contributed by atoms with E-state index in [1.165, 1.54) is 11.3 Å². The molecule has 0 atom stereocenters. The van der Waals surface area contributed by atoms with Crippen LogP contribution in [0.4, 0.5) is 0 Å². The summed E-state index contributed by atoms with van der Waals surface area (Å²) in [6.45, 7) is 5.00. The van der Waals surface area contributed by atoms with Crippen LogP contribution in [0.15, 0.2) is 5.38 Å². The number of nitrogens with zero attached hydrogens (tertiary/aromatic N) is 2. The summed E-state index contributed by atoms with van der Waals surface area (Å²) in [6.07, 6.45) is 2.08. The first kappa shape index (κ1) is 13.5. The molecule has 1 aliphatic heterocycles. The predicted octanol–water partition coefficient (Wildman–Crippen LogP) is 1.24. The van der Waals surface area contributed by atoms with E-state index < -0.39 is 0 Å². The number of esters is 1. The molecule has 0 aromatic carbocycles. The molecule has 6 heteroatoms. The van der Waals surface area contributed by atoms with Gasteiger partial charge in [0, 0.05) is 24.5 Å². The van der Waals surface area contributed by atoms with Crippen molar-refractivity contribution in [1.29, 1.82) is 0 Å². The Kier molecular flexibility index (Phi) is 4.68. The molecule has 18 heavy (non-hydrogen) atoms. The van der Waals surface area contributed by atoms with Crippen molar-refractivity contribution in [3.05, 3.63) is 16.1 Å². The van der Waals surface area contributed by atoms with E-state index in [1.54, 1.807) is 12.3 Å². The number of carbonyl (C=O) groups excluding carboxylic acids is 1. The zero-order chi connectivity index (χ0) is 13.0. The number of hydrogen-bond acceptors (Lipinski definition) is 6. The highest BCUT2D eigenvalue weighted by Crippen LogP contribution is 2.16. The fourth-order valence-corrected chi connectivity index (χ4v) is 2.79. The highest BCUT2D eigenvalue weighted by molar-refractivity contribution is 7.09. The minimum Gasteiger partial charge on any atom is -0.461 e. The molecule has 0 spiro atoms. The molecular weight excluding hydrogens is 250 g/mol. The molecule has 0 aliphatic carbocycles. The van der Waals surface area contributed by atoms with Crippen molar-refractivity contribution in [1.82, 2.24) is 9.88 Å². The second-order valence-corrected chi connectivity index (χ2v) is 5.40. The lowest BCUT2D eigenvalue weighted by molar-refractivity contribution is 0.0520. The van der Waals surface area contributed by atoms with Gasteiger partial charge in [-0.3, -0.25) is 4.90 Å². The molecule has 0 amide bonds. The van der Waals surface area contributed by atoms with Crippen LogP contribution in [0.3, 0.4) is 0 Å². The average molecular weight is 269 g/mol. The lowest BCUT2D eigenvalue weighted by Gasteiger charge is -2.29. The van der Waals surface area contributed by atoms with E-state index in [1.807, 2.05) is 0 Å². The van der Waals surface area contributed by atoms with Gasteiger partial charge in [0.1, 0.15) is 5.01 Å². The van der Waals surface area contributed by atoms with E-state index in [-0.39, 0.29) is 5.97 Å². The number of nitrogens with two attached hydrogens (primary N) is 1. The third-order valence-corrected chi connectivity index (χ3v) is 3.86. The van der Waals surface area contributed by atoms with Gasteiger partial charge < -0.3 is 10.5 Å². The van der Waals surface area contributed by atoms with Gasteiger partial charge in [0.05, 0.1) is 13.2 Å². The molecule has 1 aromatic heterocycles. The number of hydrogen-bond donors (Lipinski definition) is 1. The number of rotatable bonds is 4. The average Bonchev–Trinajstić information content (AvgIpc) is 2.81. The third kappa shape index (κ3) is 3.51. The van der Waals surface area contributed by atoms with E-state index in [2.05, 4.69) is 9.88 Å². The maximum absolute atomic E-state index is 11.5. The van der Waals surface area contributed by atoms with Gasteiger partial charge in [0.25, 0.3) is 0 Å². The number of thiazole rings is 1. The molecule has 2 N–H and O–H groups in total. The molecule has 0 saturated carbocycles. The minimum absolute atomic E-state index is 0.333. The van der Waals surface area contributed by atoms with Gasteiger partial charge in [-0.15, -0.1) is 11.3 Å². The summed E-state index contributed by atoms with van der Waals surface area (Å²) in [5.74, 6) is -0.333. The molecule has 2 heterocycles. The molecule has 2 rings (SSSR count). The van der Waals surface area contributed by atoms with Gasteiger partial charge in [-0.05, 0) is 19.8 Å². The van der Waals surface area contributed by atoms with Crippen LogP contribution in [-0.2, 0) is 11.3 Å². The number of likely N-dealkylation sites (tertiary alicyclic amines) is 1. The Bertz CT molecular complexity index is 400. The zero-order valence-corrected chi connectivity index (χ0v) is 11.4. The smallest absolute Gasteiger partial charge is 0.357 e. The normalized spacial score (nSPS) is 17.9. The van der Waals surface area contributed by atoms with Gasteiger partial charge in [0.2, 0.25) is 0 Å². The standard InChI is InChI=1S/C12H19N3O2S/c1-2-17-12(16)10-8-18-11(14-10)7-15-5-3-9(13)4-6-15/h8-9H,2-7,13H2,1H3. The first-order valence-electron chi connectivity index (χ1n) is 6.28. The van der Waals surface area contributed by atoms with E-state index in [0.717, 1.165) is 37.5 Å². The second kappa shape index (κ2) is 6.26. The first-order chi connectivity index (χ1) is 8.69.